The predicted molar refractivity (Wildman–Crippen MR) is 148 cm³/mol. The Kier molecular flexibility index (Phi) is 7.34. The summed E-state index contributed by atoms with van der Waals surface area (Å²) in [5, 5.41) is 8.43. The highest BCUT2D eigenvalue weighted by molar-refractivity contribution is 5.66. The van der Waals surface area contributed by atoms with E-state index in [-0.39, 0.29) is 11.6 Å². The normalized spacial score (nSPS) is 15.7. The molecule has 0 spiro atoms. The first kappa shape index (κ1) is 25.2. The number of halogens is 2. The van der Waals surface area contributed by atoms with Crippen molar-refractivity contribution in [2.75, 3.05) is 19.6 Å². The molecule has 0 amide bonds. The van der Waals surface area contributed by atoms with Crippen molar-refractivity contribution in [1.82, 2.24) is 20.0 Å². The largest absolute Gasteiger partial charge is 0.463 e. The molecule has 0 aliphatic carbocycles. The Morgan fingerprint density at radius 2 is 1.56 bits per heavy atom. The molecular formula is C32H30F2N4O. The first-order valence-corrected chi connectivity index (χ1v) is 13.3. The van der Waals surface area contributed by atoms with Crippen molar-refractivity contribution in [2.45, 2.75) is 25.4 Å². The zero-order chi connectivity index (χ0) is 26.6. The third-order valence-electron chi connectivity index (χ3n) is 7.37. The van der Waals surface area contributed by atoms with E-state index in [4.69, 9.17) is 9.52 Å². The minimum Gasteiger partial charge on any atom is -0.463 e. The summed E-state index contributed by atoms with van der Waals surface area (Å²) >= 11 is 0. The smallest absolute Gasteiger partial charge is 0.152 e. The molecule has 1 fully saturated rings. The number of aromatic nitrogens is 2. The van der Waals surface area contributed by atoms with Crippen LogP contribution in [0.25, 0.3) is 28.3 Å². The maximum atomic E-state index is 13.3. The maximum Gasteiger partial charge on any atom is 0.152 e. The highest BCUT2D eigenvalue weighted by atomic mass is 19.1. The van der Waals surface area contributed by atoms with Crippen LogP contribution < -0.4 is 5.32 Å². The Balaban J connectivity index is 1.13. The van der Waals surface area contributed by atoms with Crippen LogP contribution in [0, 0.1) is 11.6 Å². The van der Waals surface area contributed by atoms with Gasteiger partial charge in [-0.15, -0.1) is 0 Å². The molecule has 1 atom stereocenters. The maximum absolute atomic E-state index is 13.3. The van der Waals surface area contributed by atoms with Crippen LogP contribution in [0.2, 0.25) is 0 Å². The van der Waals surface area contributed by atoms with Gasteiger partial charge >= 0.3 is 0 Å². The molecule has 5 nitrogen and oxygen atoms in total. The molecule has 3 heterocycles. The van der Waals surface area contributed by atoms with Crippen LogP contribution in [0.15, 0.2) is 102 Å². The number of nitrogens with zero attached hydrogens (tertiary/aromatic N) is 3. The zero-order valence-corrected chi connectivity index (χ0v) is 21.6. The molecule has 5 aromatic rings. The fraction of sp³-hybridized carbons (Fsp3) is 0.219. The van der Waals surface area contributed by atoms with Gasteiger partial charge in [-0.3, -0.25) is 0 Å². The Labute approximate surface area is 226 Å². The minimum atomic E-state index is -0.244. The van der Waals surface area contributed by atoms with Gasteiger partial charge in [-0.25, -0.2) is 13.5 Å². The molecule has 7 heteroatoms. The van der Waals surface area contributed by atoms with Crippen LogP contribution >= 0.6 is 0 Å². The topological polar surface area (TPSA) is 46.2 Å². The fourth-order valence-corrected chi connectivity index (χ4v) is 5.22. The molecular weight excluding hydrogens is 494 g/mol. The second-order valence-electron chi connectivity index (χ2n) is 10.0. The quantitative estimate of drug-likeness (QED) is 0.240. The second kappa shape index (κ2) is 11.4. The average molecular weight is 525 g/mol. The Bertz CT molecular complexity index is 1490. The van der Waals surface area contributed by atoms with Crippen molar-refractivity contribution in [3.8, 4) is 28.3 Å². The fourth-order valence-electron chi connectivity index (χ4n) is 5.22. The molecule has 0 radical (unpaired) electrons. The summed E-state index contributed by atoms with van der Waals surface area (Å²) in [4.78, 5) is 2.46. The number of hydrogen-bond donors (Lipinski definition) is 1. The zero-order valence-electron chi connectivity index (χ0n) is 21.6. The number of rotatable bonds is 9. The van der Waals surface area contributed by atoms with Crippen LogP contribution in [0.5, 0.6) is 0 Å². The van der Waals surface area contributed by atoms with Gasteiger partial charge in [0.15, 0.2) is 5.76 Å². The molecule has 1 saturated heterocycles. The van der Waals surface area contributed by atoms with Gasteiger partial charge in [-0.2, -0.15) is 5.10 Å². The van der Waals surface area contributed by atoms with Crippen LogP contribution in [-0.4, -0.2) is 40.4 Å². The van der Waals surface area contributed by atoms with Gasteiger partial charge in [0.1, 0.15) is 17.3 Å². The first-order valence-electron chi connectivity index (χ1n) is 13.3. The van der Waals surface area contributed by atoms with Gasteiger partial charge in [0.05, 0.1) is 18.1 Å². The van der Waals surface area contributed by atoms with E-state index in [2.05, 4.69) is 10.2 Å². The average Bonchev–Trinajstić information content (AvgIpc) is 3.73. The summed E-state index contributed by atoms with van der Waals surface area (Å²) in [6.45, 7) is 3.67. The Morgan fingerprint density at radius 3 is 2.26 bits per heavy atom. The molecule has 1 N–H and O–H groups in total. The Hall–Kier alpha value is -4.07. The summed E-state index contributed by atoms with van der Waals surface area (Å²) in [6.07, 6.45) is 5.58. The number of furan rings is 1. The van der Waals surface area contributed by atoms with Gasteiger partial charge < -0.3 is 14.6 Å². The molecule has 1 unspecified atom stereocenters. The van der Waals surface area contributed by atoms with Gasteiger partial charge in [-0.05, 0) is 84.6 Å². The van der Waals surface area contributed by atoms with Crippen molar-refractivity contribution < 1.29 is 13.2 Å². The van der Waals surface area contributed by atoms with Crippen molar-refractivity contribution in [3.05, 3.63) is 120 Å². The lowest BCUT2D eigenvalue weighted by molar-refractivity contribution is 0.331. The molecule has 198 valence electrons. The standard InChI is InChI=1S/C32H30F2N4O/c33-27-9-3-23(4-10-27)15-17-37-18-16-29(22-37)35-20-26-21-36-38(32(26)31-2-1-19-39-31)30-13-7-25(8-14-30)24-5-11-28(34)12-6-24/h1-14,19,21,29,35H,15-18,20,22H2. The van der Waals surface area contributed by atoms with Crippen molar-refractivity contribution in [3.63, 3.8) is 0 Å². The highest BCUT2D eigenvalue weighted by Crippen LogP contribution is 2.29. The third-order valence-corrected chi connectivity index (χ3v) is 7.37. The van der Waals surface area contributed by atoms with E-state index in [0.717, 1.165) is 71.9 Å². The number of nitrogens with one attached hydrogen (secondary N) is 1. The lowest BCUT2D eigenvalue weighted by Crippen LogP contribution is -2.32. The summed E-state index contributed by atoms with van der Waals surface area (Å²) in [7, 11) is 0. The molecule has 1 aliphatic rings. The monoisotopic (exact) mass is 524 g/mol. The predicted octanol–water partition coefficient (Wildman–Crippen LogP) is 6.48. The number of likely N-dealkylation sites (tertiary alicyclic amines) is 1. The van der Waals surface area contributed by atoms with E-state index in [0.29, 0.717) is 12.6 Å². The molecule has 0 bridgehead atoms. The summed E-state index contributed by atoms with van der Waals surface area (Å²) in [6, 6.07) is 25.6. The van der Waals surface area contributed by atoms with E-state index in [9.17, 15) is 8.78 Å². The molecule has 6 rings (SSSR count). The lowest BCUT2D eigenvalue weighted by atomic mass is 10.1. The van der Waals surface area contributed by atoms with E-state index in [1.165, 1.54) is 24.3 Å². The van der Waals surface area contributed by atoms with Crippen LogP contribution in [0.3, 0.4) is 0 Å². The Morgan fingerprint density at radius 1 is 0.872 bits per heavy atom. The third kappa shape index (κ3) is 5.85. The van der Waals surface area contributed by atoms with Gasteiger partial charge in [0.2, 0.25) is 0 Å². The lowest BCUT2D eigenvalue weighted by Gasteiger charge is -2.17. The van der Waals surface area contributed by atoms with E-state index < -0.39 is 0 Å². The first-order chi connectivity index (χ1) is 19.1. The van der Waals surface area contributed by atoms with Crippen molar-refractivity contribution >= 4 is 0 Å². The summed E-state index contributed by atoms with van der Waals surface area (Å²) < 4.78 is 34.2. The number of hydrogen-bond acceptors (Lipinski definition) is 4. The minimum absolute atomic E-state index is 0.191. The summed E-state index contributed by atoms with van der Waals surface area (Å²) in [5.74, 6) is 0.328. The SMILES string of the molecule is Fc1ccc(CCN2CCC(NCc3cnn(-c4ccc(-c5ccc(F)cc5)cc4)c3-c3ccco3)C2)cc1. The van der Waals surface area contributed by atoms with E-state index >= 15 is 0 Å². The van der Waals surface area contributed by atoms with E-state index in [1.807, 2.05) is 59.4 Å². The molecule has 0 saturated carbocycles. The molecule has 39 heavy (non-hydrogen) atoms. The molecule has 2 aromatic heterocycles. The summed E-state index contributed by atoms with van der Waals surface area (Å²) in [5.41, 5.74) is 6.05. The second-order valence-corrected chi connectivity index (χ2v) is 10.0. The van der Waals surface area contributed by atoms with Crippen molar-refractivity contribution in [2.24, 2.45) is 0 Å². The molecule has 3 aromatic carbocycles. The van der Waals surface area contributed by atoms with Gasteiger partial charge in [0.25, 0.3) is 0 Å². The van der Waals surface area contributed by atoms with E-state index in [1.54, 1.807) is 18.4 Å². The van der Waals surface area contributed by atoms with Crippen LogP contribution in [0.4, 0.5) is 8.78 Å². The van der Waals surface area contributed by atoms with Crippen LogP contribution in [-0.2, 0) is 13.0 Å². The highest BCUT2D eigenvalue weighted by Gasteiger charge is 2.23. The molecule has 1 aliphatic heterocycles. The van der Waals surface area contributed by atoms with Gasteiger partial charge in [-0.1, -0.05) is 36.4 Å². The van der Waals surface area contributed by atoms with Crippen LogP contribution in [0.1, 0.15) is 17.5 Å². The van der Waals surface area contributed by atoms with Gasteiger partial charge in [0, 0.05) is 31.2 Å². The number of benzene rings is 3. The van der Waals surface area contributed by atoms with Crippen molar-refractivity contribution in [1.29, 1.82) is 0 Å².